The van der Waals surface area contributed by atoms with Gasteiger partial charge in [0.1, 0.15) is 18.1 Å². The topological polar surface area (TPSA) is 35.5 Å². The third-order valence-corrected chi connectivity index (χ3v) is 4.73. The minimum Gasteiger partial charge on any atom is -0.488 e. The number of rotatable bonds is 7. The Hall–Kier alpha value is -2.29. The van der Waals surface area contributed by atoms with Gasteiger partial charge in [0, 0.05) is 12.0 Å². The summed E-state index contributed by atoms with van der Waals surface area (Å²) in [5.41, 5.74) is 4.88. The second-order valence-electron chi connectivity index (χ2n) is 6.67. The van der Waals surface area contributed by atoms with E-state index in [1.807, 2.05) is 24.3 Å². The smallest absolute Gasteiger partial charge is 0.310 e. The fraction of sp³-hybridized carbons (Fsp3) is 0.409. The van der Waals surface area contributed by atoms with Gasteiger partial charge in [-0.3, -0.25) is 4.79 Å². The van der Waals surface area contributed by atoms with Crippen LogP contribution in [0.4, 0.5) is 0 Å². The normalized spacial score (nSPS) is 13.6. The molecule has 0 aliphatic heterocycles. The molecular weight excluding hydrogens is 312 g/mol. The average molecular weight is 338 g/mol. The zero-order chi connectivity index (χ0) is 17.8. The fourth-order valence-corrected chi connectivity index (χ4v) is 3.04. The molecular formula is C22H26O3. The van der Waals surface area contributed by atoms with Crippen molar-refractivity contribution in [2.24, 2.45) is 0 Å². The van der Waals surface area contributed by atoms with E-state index >= 15 is 0 Å². The van der Waals surface area contributed by atoms with Crippen LogP contribution in [-0.2, 0) is 17.8 Å². The first-order valence-electron chi connectivity index (χ1n) is 9.17. The number of carbonyl (C=O) groups excluding carboxylic acids is 1. The molecule has 0 amide bonds. The molecule has 3 rings (SSSR count). The number of ether oxygens (including phenoxy) is 2. The average Bonchev–Trinajstić information content (AvgIpc) is 3.46. The van der Waals surface area contributed by atoms with E-state index in [0.717, 1.165) is 17.7 Å². The van der Waals surface area contributed by atoms with Gasteiger partial charge in [0.2, 0.25) is 0 Å². The molecule has 1 aliphatic rings. The third-order valence-electron chi connectivity index (χ3n) is 4.73. The first kappa shape index (κ1) is 17.5. The van der Waals surface area contributed by atoms with Gasteiger partial charge in [0.05, 0.1) is 0 Å². The molecule has 0 N–H and O–H groups in total. The number of hydrogen-bond acceptors (Lipinski definition) is 3. The monoisotopic (exact) mass is 338 g/mol. The van der Waals surface area contributed by atoms with Crippen LogP contribution in [0, 0.1) is 6.92 Å². The molecule has 1 saturated carbocycles. The molecule has 1 aliphatic carbocycles. The second-order valence-corrected chi connectivity index (χ2v) is 6.67. The molecule has 25 heavy (non-hydrogen) atoms. The highest BCUT2D eigenvalue weighted by Gasteiger charge is 2.27. The van der Waals surface area contributed by atoms with Crippen LogP contribution >= 0.6 is 0 Å². The molecule has 132 valence electrons. The lowest BCUT2D eigenvalue weighted by atomic mass is 9.99. The van der Waals surface area contributed by atoms with Crippen molar-refractivity contribution >= 4 is 5.97 Å². The number of carbonyl (C=O) groups is 1. The Morgan fingerprint density at radius 2 is 1.84 bits per heavy atom. The third kappa shape index (κ3) is 4.22. The first-order chi connectivity index (χ1) is 12.1. The van der Waals surface area contributed by atoms with E-state index in [9.17, 15) is 4.79 Å². The summed E-state index contributed by atoms with van der Waals surface area (Å²) in [5, 5.41) is 0. The van der Waals surface area contributed by atoms with Crippen LogP contribution in [0.3, 0.4) is 0 Å². The van der Waals surface area contributed by atoms with E-state index < -0.39 is 0 Å². The lowest BCUT2D eigenvalue weighted by molar-refractivity contribution is -0.134. The van der Waals surface area contributed by atoms with E-state index in [4.69, 9.17) is 9.47 Å². The summed E-state index contributed by atoms with van der Waals surface area (Å²) in [7, 11) is 0. The summed E-state index contributed by atoms with van der Waals surface area (Å²) in [6.45, 7) is 6.52. The maximum absolute atomic E-state index is 11.6. The van der Waals surface area contributed by atoms with Gasteiger partial charge in [-0.05, 0) is 60.9 Å². The summed E-state index contributed by atoms with van der Waals surface area (Å²) in [5.74, 6) is 1.96. The highest BCUT2D eigenvalue weighted by atomic mass is 16.5. The van der Waals surface area contributed by atoms with E-state index in [1.165, 1.54) is 29.5 Å². The number of para-hydroxylation sites is 1. The second kappa shape index (κ2) is 7.73. The van der Waals surface area contributed by atoms with Crippen LogP contribution in [0.1, 0.15) is 61.3 Å². The fourth-order valence-electron chi connectivity index (χ4n) is 3.04. The lowest BCUT2D eigenvalue weighted by Gasteiger charge is -2.16. The van der Waals surface area contributed by atoms with E-state index in [0.29, 0.717) is 24.7 Å². The predicted octanol–water partition coefficient (Wildman–Crippen LogP) is 5.33. The summed E-state index contributed by atoms with van der Waals surface area (Å²) in [6.07, 6.45) is 3.89. The van der Waals surface area contributed by atoms with Crippen molar-refractivity contribution < 1.29 is 14.3 Å². The van der Waals surface area contributed by atoms with Gasteiger partial charge in [0.25, 0.3) is 0 Å². The largest absolute Gasteiger partial charge is 0.488 e. The van der Waals surface area contributed by atoms with Gasteiger partial charge in [-0.2, -0.15) is 0 Å². The Morgan fingerprint density at radius 3 is 2.52 bits per heavy atom. The van der Waals surface area contributed by atoms with Gasteiger partial charge in [0.15, 0.2) is 0 Å². The van der Waals surface area contributed by atoms with Gasteiger partial charge < -0.3 is 9.47 Å². The number of aryl methyl sites for hydroxylation is 2. The molecule has 3 heteroatoms. The minimum absolute atomic E-state index is 0.228. The molecule has 0 bridgehead atoms. The van der Waals surface area contributed by atoms with Gasteiger partial charge in [-0.15, -0.1) is 0 Å². The Balaban J connectivity index is 1.80. The zero-order valence-electron chi connectivity index (χ0n) is 15.3. The highest BCUT2D eigenvalue weighted by Crippen LogP contribution is 2.45. The standard InChI is InChI=1S/C22H26O3/c1-4-16-13-19(17-10-11-17)21(12-15(16)3)24-14-18-8-6-7-9-20(18)25-22(23)5-2/h6-9,12-13,17H,4-5,10-11,14H2,1-3H3. The number of esters is 1. The van der Waals surface area contributed by atoms with Crippen molar-refractivity contribution in [3.63, 3.8) is 0 Å². The first-order valence-corrected chi connectivity index (χ1v) is 9.17. The molecule has 0 aromatic heterocycles. The van der Waals surface area contributed by atoms with Crippen molar-refractivity contribution in [3.05, 3.63) is 58.7 Å². The molecule has 3 nitrogen and oxygen atoms in total. The molecule has 0 radical (unpaired) electrons. The van der Waals surface area contributed by atoms with Crippen LogP contribution in [-0.4, -0.2) is 5.97 Å². The molecule has 2 aromatic rings. The Labute approximate surface area is 150 Å². The molecule has 0 heterocycles. The van der Waals surface area contributed by atoms with Gasteiger partial charge in [-0.25, -0.2) is 0 Å². The molecule has 1 fully saturated rings. The highest BCUT2D eigenvalue weighted by molar-refractivity contribution is 5.72. The lowest BCUT2D eigenvalue weighted by Crippen LogP contribution is -2.09. The molecule has 0 unspecified atom stereocenters. The van der Waals surface area contributed by atoms with Crippen LogP contribution in [0.25, 0.3) is 0 Å². The predicted molar refractivity (Wildman–Crippen MR) is 99.2 cm³/mol. The SMILES string of the molecule is CCC(=O)Oc1ccccc1COc1cc(C)c(CC)cc1C1CC1. The van der Waals surface area contributed by atoms with Crippen LogP contribution in [0.15, 0.2) is 36.4 Å². The zero-order valence-corrected chi connectivity index (χ0v) is 15.3. The maximum Gasteiger partial charge on any atom is 0.310 e. The summed E-state index contributed by atoms with van der Waals surface area (Å²) in [6, 6.07) is 12.0. The Bertz CT molecular complexity index is 760. The minimum atomic E-state index is -0.228. The van der Waals surface area contributed by atoms with Gasteiger partial charge >= 0.3 is 5.97 Å². The van der Waals surface area contributed by atoms with Crippen molar-refractivity contribution in [2.75, 3.05) is 0 Å². The van der Waals surface area contributed by atoms with Crippen LogP contribution < -0.4 is 9.47 Å². The summed E-state index contributed by atoms with van der Waals surface area (Å²) < 4.78 is 11.6. The van der Waals surface area contributed by atoms with Gasteiger partial charge in [-0.1, -0.05) is 38.1 Å². The van der Waals surface area contributed by atoms with E-state index in [-0.39, 0.29) is 5.97 Å². The van der Waals surface area contributed by atoms with Crippen molar-refractivity contribution in [3.8, 4) is 11.5 Å². The van der Waals surface area contributed by atoms with Crippen molar-refractivity contribution in [2.45, 2.75) is 59.0 Å². The van der Waals surface area contributed by atoms with E-state index in [1.54, 1.807) is 6.92 Å². The molecule has 0 spiro atoms. The Morgan fingerprint density at radius 1 is 1.08 bits per heavy atom. The maximum atomic E-state index is 11.6. The number of benzene rings is 2. The Kier molecular flexibility index (Phi) is 5.42. The quantitative estimate of drug-likeness (QED) is 0.506. The molecule has 0 atom stereocenters. The molecule has 0 saturated heterocycles. The molecule has 2 aromatic carbocycles. The van der Waals surface area contributed by atoms with E-state index in [2.05, 4.69) is 26.0 Å². The van der Waals surface area contributed by atoms with Crippen molar-refractivity contribution in [1.82, 2.24) is 0 Å². The van der Waals surface area contributed by atoms with Crippen molar-refractivity contribution in [1.29, 1.82) is 0 Å². The summed E-state index contributed by atoms with van der Waals surface area (Å²) in [4.78, 5) is 11.6. The number of hydrogen-bond donors (Lipinski definition) is 0. The van der Waals surface area contributed by atoms with Crippen LogP contribution in [0.2, 0.25) is 0 Å². The van der Waals surface area contributed by atoms with Crippen LogP contribution in [0.5, 0.6) is 11.5 Å². The summed E-state index contributed by atoms with van der Waals surface area (Å²) >= 11 is 0.